The van der Waals surface area contributed by atoms with Gasteiger partial charge in [-0.2, -0.15) is 0 Å². The first kappa shape index (κ1) is 11.2. The summed E-state index contributed by atoms with van der Waals surface area (Å²) in [6.07, 6.45) is 5.49. The van der Waals surface area contributed by atoms with Crippen LogP contribution in [0.2, 0.25) is 0 Å². The normalized spacial score (nSPS) is 29.5. The Kier molecular flexibility index (Phi) is 3.13. The van der Waals surface area contributed by atoms with Crippen LogP contribution in [0.25, 0.3) is 0 Å². The molecule has 0 radical (unpaired) electrons. The summed E-state index contributed by atoms with van der Waals surface area (Å²) in [7, 11) is 1.80. The summed E-state index contributed by atoms with van der Waals surface area (Å²) in [5.41, 5.74) is 0. The largest absolute Gasteiger partial charge is 0.380 e. The fraction of sp³-hybridized carbons (Fsp3) is 0.750. The van der Waals surface area contributed by atoms with Gasteiger partial charge in [-0.25, -0.2) is 4.98 Å². The summed E-state index contributed by atoms with van der Waals surface area (Å²) in [5, 5.41) is 3.53. The fourth-order valence-electron chi connectivity index (χ4n) is 2.79. The Morgan fingerprint density at radius 2 is 2.47 bits per heavy atom. The first-order valence-corrected chi connectivity index (χ1v) is 6.33. The highest BCUT2D eigenvalue weighted by atomic mass is 16.5. The summed E-state index contributed by atoms with van der Waals surface area (Å²) in [5.74, 6) is 1.19. The van der Waals surface area contributed by atoms with E-state index >= 15 is 0 Å². The Balaban J connectivity index is 1.54. The van der Waals surface area contributed by atoms with Gasteiger partial charge in [-0.05, 0) is 6.42 Å². The van der Waals surface area contributed by atoms with Crippen molar-refractivity contribution in [1.29, 1.82) is 0 Å². The first-order chi connectivity index (χ1) is 8.35. The molecule has 1 aromatic rings. The molecule has 2 unspecified atom stereocenters. The number of hydrogen-bond acceptors (Lipinski definition) is 4. The van der Waals surface area contributed by atoms with Gasteiger partial charge in [0.15, 0.2) is 0 Å². The predicted octanol–water partition coefficient (Wildman–Crippen LogP) is 0.0756. The third kappa shape index (κ3) is 2.36. The van der Waals surface area contributed by atoms with Crippen molar-refractivity contribution in [3.8, 4) is 0 Å². The molecule has 2 aliphatic heterocycles. The van der Waals surface area contributed by atoms with Gasteiger partial charge in [-0.3, -0.25) is 4.90 Å². The topological polar surface area (TPSA) is 42.3 Å². The van der Waals surface area contributed by atoms with Gasteiger partial charge in [0, 0.05) is 51.7 Å². The van der Waals surface area contributed by atoms with E-state index in [0.29, 0.717) is 12.1 Å². The molecule has 1 saturated heterocycles. The van der Waals surface area contributed by atoms with Crippen LogP contribution in [0.1, 0.15) is 12.2 Å². The van der Waals surface area contributed by atoms with Crippen LogP contribution in [0, 0.1) is 0 Å². The van der Waals surface area contributed by atoms with Crippen molar-refractivity contribution < 1.29 is 4.74 Å². The van der Waals surface area contributed by atoms with Gasteiger partial charge in [0.05, 0.1) is 12.6 Å². The monoisotopic (exact) mass is 236 g/mol. The average molecular weight is 236 g/mol. The van der Waals surface area contributed by atoms with Gasteiger partial charge in [0.25, 0.3) is 0 Å². The zero-order valence-corrected chi connectivity index (χ0v) is 10.3. The van der Waals surface area contributed by atoms with E-state index in [2.05, 4.69) is 26.0 Å². The second kappa shape index (κ2) is 4.76. The molecule has 3 heterocycles. The summed E-state index contributed by atoms with van der Waals surface area (Å²) >= 11 is 0. The average Bonchev–Trinajstić information content (AvgIpc) is 2.96. The Hall–Kier alpha value is -0.910. The van der Waals surface area contributed by atoms with Gasteiger partial charge in [0.2, 0.25) is 0 Å². The van der Waals surface area contributed by atoms with Crippen LogP contribution in [-0.4, -0.2) is 53.3 Å². The SMILES string of the molecule is COC1CNC(CN2CCn3ccnc3C2)C1. The van der Waals surface area contributed by atoms with E-state index in [9.17, 15) is 0 Å². The summed E-state index contributed by atoms with van der Waals surface area (Å²) in [6.45, 7) is 5.26. The zero-order chi connectivity index (χ0) is 11.7. The molecule has 0 aromatic carbocycles. The smallest absolute Gasteiger partial charge is 0.122 e. The molecule has 3 rings (SSSR count). The van der Waals surface area contributed by atoms with Gasteiger partial charge >= 0.3 is 0 Å². The molecule has 17 heavy (non-hydrogen) atoms. The van der Waals surface area contributed by atoms with Crippen molar-refractivity contribution in [2.24, 2.45) is 0 Å². The molecule has 1 aromatic heterocycles. The maximum Gasteiger partial charge on any atom is 0.122 e. The molecule has 0 spiro atoms. The third-order valence-corrected chi connectivity index (χ3v) is 3.82. The maximum atomic E-state index is 5.38. The highest BCUT2D eigenvalue weighted by Gasteiger charge is 2.26. The van der Waals surface area contributed by atoms with Gasteiger partial charge in [0.1, 0.15) is 5.82 Å². The lowest BCUT2D eigenvalue weighted by molar-refractivity contribution is 0.114. The van der Waals surface area contributed by atoms with E-state index in [4.69, 9.17) is 4.74 Å². The number of rotatable bonds is 3. The Morgan fingerprint density at radius 1 is 1.53 bits per heavy atom. The lowest BCUT2D eigenvalue weighted by atomic mass is 10.2. The Labute approximate surface area is 102 Å². The van der Waals surface area contributed by atoms with E-state index in [1.807, 2.05) is 6.20 Å². The van der Waals surface area contributed by atoms with Gasteiger partial charge < -0.3 is 14.6 Å². The summed E-state index contributed by atoms with van der Waals surface area (Å²) in [6, 6.07) is 0.571. The highest BCUT2D eigenvalue weighted by Crippen LogP contribution is 2.15. The van der Waals surface area contributed by atoms with Crippen molar-refractivity contribution in [2.75, 3.05) is 26.7 Å². The van der Waals surface area contributed by atoms with Crippen LogP contribution < -0.4 is 5.32 Å². The predicted molar refractivity (Wildman–Crippen MR) is 64.7 cm³/mol. The van der Waals surface area contributed by atoms with E-state index < -0.39 is 0 Å². The van der Waals surface area contributed by atoms with Crippen LogP contribution in [0.5, 0.6) is 0 Å². The number of methoxy groups -OCH3 is 1. The Morgan fingerprint density at radius 3 is 3.29 bits per heavy atom. The minimum absolute atomic E-state index is 0.395. The van der Waals surface area contributed by atoms with Gasteiger partial charge in [-0.15, -0.1) is 0 Å². The lowest BCUT2D eigenvalue weighted by Gasteiger charge is -2.29. The molecule has 0 amide bonds. The lowest BCUT2D eigenvalue weighted by Crippen LogP contribution is -2.41. The molecule has 0 aliphatic carbocycles. The van der Waals surface area contributed by atoms with Crippen molar-refractivity contribution in [2.45, 2.75) is 31.7 Å². The molecule has 0 bridgehead atoms. The second-order valence-electron chi connectivity index (χ2n) is 4.97. The van der Waals surface area contributed by atoms with Crippen molar-refractivity contribution in [1.82, 2.24) is 19.8 Å². The number of aromatic nitrogens is 2. The zero-order valence-electron chi connectivity index (χ0n) is 10.3. The van der Waals surface area contributed by atoms with E-state index in [0.717, 1.165) is 39.1 Å². The molecule has 1 fully saturated rings. The highest BCUT2D eigenvalue weighted by molar-refractivity contribution is 4.96. The van der Waals surface area contributed by atoms with E-state index in [-0.39, 0.29) is 0 Å². The van der Waals surface area contributed by atoms with Crippen LogP contribution in [0.3, 0.4) is 0 Å². The van der Waals surface area contributed by atoms with Crippen molar-refractivity contribution >= 4 is 0 Å². The fourth-order valence-corrected chi connectivity index (χ4v) is 2.79. The summed E-state index contributed by atoms with van der Waals surface area (Å²) < 4.78 is 7.62. The minimum Gasteiger partial charge on any atom is -0.380 e. The molecule has 5 heteroatoms. The van der Waals surface area contributed by atoms with E-state index in [1.165, 1.54) is 5.82 Å². The molecular weight excluding hydrogens is 216 g/mol. The second-order valence-corrected chi connectivity index (χ2v) is 4.97. The molecular formula is C12H20N4O. The van der Waals surface area contributed by atoms with Crippen LogP contribution >= 0.6 is 0 Å². The van der Waals surface area contributed by atoms with Crippen molar-refractivity contribution in [3.05, 3.63) is 18.2 Å². The van der Waals surface area contributed by atoms with Crippen molar-refractivity contribution in [3.63, 3.8) is 0 Å². The molecule has 1 N–H and O–H groups in total. The molecule has 5 nitrogen and oxygen atoms in total. The van der Waals surface area contributed by atoms with Crippen LogP contribution in [-0.2, 0) is 17.8 Å². The first-order valence-electron chi connectivity index (χ1n) is 6.33. The molecule has 2 aliphatic rings. The number of imidazole rings is 1. The minimum atomic E-state index is 0.395. The van der Waals surface area contributed by atoms with E-state index in [1.54, 1.807) is 7.11 Å². The maximum absolute atomic E-state index is 5.38. The Bertz CT molecular complexity index is 378. The third-order valence-electron chi connectivity index (χ3n) is 3.82. The number of fused-ring (bicyclic) bond motifs is 1. The number of ether oxygens (including phenoxy) is 1. The van der Waals surface area contributed by atoms with Crippen LogP contribution in [0.4, 0.5) is 0 Å². The number of hydrogen-bond donors (Lipinski definition) is 1. The number of nitrogens with one attached hydrogen (secondary N) is 1. The number of nitrogens with zero attached hydrogens (tertiary/aromatic N) is 3. The molecule has 94 valence electrons. The van der Waals surface area contributed by atoms with Crippen LogP contribution in [0.15, 0.2) is 12.4 Å². The molecule has 0 saturated carbocycles. The van der Waals surface area contributed by atoms with Gasteiger partial charge in [-0.1, -0.05) is 0 Å². The standard InChI is InChI=1S/C12H20N4O/c1-17-11-6-10(14-7-11)8-15-4-5-16-3-2-13-12(16)9-15/h2-3,10-11,14H,4-9H2,1H3. The quantitative estimate of drug-likeness (QED) is 0.807. The molecule has 2 atom stereocenters. The summed E-state index contributed by atoms with van der Waals surface area (Å²) in [4.78, 5) is 6.87.